The van der Waals surface area contributed by atoms with Gasteiger partial charge >= 0.3 is 0 Å². The third-order valence-corrected chi connectivity index (χ3v) is 4.39. The molecule has 0 spiro atoms. The zero-order valence-electron chi connectivity index (χ0n) is 15.1. The van der Waals surface area contributed by atoms with Gasteiger partial charge in [-0.2, -0.15) is 0 Å². The molecule has 0 atom stereocenters. The van der Waals surface area contributed by atoms with Gasteiger partial charge in [0.2, 0.25) is 0 Å². The number of benzene rings is 2. The Morgan fingerprint density at radius 2 is 1.79 bits per heavy atom. The van der Waals surface area contributed by atoms with Crippen LogP contribution in [-0.4, -0.2) is 16.0 Å². The molecule has 0 fully saturated rings. The zero-order valence-corrected chi connectivity index (χ0v) is 15.1. The predicted octanol–water partition coefficient (Wildman–Crippen LogP) is 5.04. The van der Waals surface area contributed by atoms with Gasteiger partial charge in [-0.1, -0.05) is 35.0 Å². The lowest BCUT2D eigenvalue weighted by Gasteiger charge is -2.09. The van der Waals surface area contributed by atoms with Crippen LogP contribution in [0.1, 0.15) is 21.6 Å². The topological polar surface area (TPSA) is 68.0 Å². The molecule has 7 heteroatoms. The van der Waals surface area contributed by atoms with Crippen LogP contribution in [-0.2, 0) is 0 Å². The average Bonchev–Trinajstić information content (AvgIpc) is 3.05. The van der Waals surface area contributed by atoms with Crippen LogP contribution >= 0.6 is 0 Å². The minimum atomic E-state index is -0.862. The number of aryl methyl sites for hydroxylation is 2. The Hall–Kier alpha value is -3.61. The van der Waals surface area contributed by atoms with E-state index in [9.17, 15) is 13.6 Å². The largest absolute Gasteiger partial charge is 0.335 e. The summed E-state index contributed by atoms with van der Waals surface area (Å²) in [5, 5.41) is 6.80. The number of nitrogens with zero attached hydrogens (tertiary/aromatic N) is 2. The molecule has 0 aliphatic heterocycles. The van der Waals surface area contributed by atoms with E-state index in [1.807, 2.05) is 31.2 Å². The van der Waals surface area contributed by atoms with Crippen LogP contribution in [0, 0.1) is 25.5 Å². The Morgan fingerprint density at radius 3 is 2.50 bits per heavy atom. The number of rotatable bonds is 3. The smallest absolute Gasteiger partial charge is 0.259 e. The van der Waals surface area contributed by atoms with E-state index in [0.29, 0.717) is 22.8 Å². The van der Waals surface area contributed by atoms with Crippen LogP contribution < -0.4 is 5.32 Å². The number of carbonyl (C=O) groups is 1. The van der Waals surface area contributed by atoms with E-state index in [1.54, 1.807) is 13.0 Å². The molecule has 0 unspecified atom stereocenters. The Balaban J connectivity index is 1.81. The fraction of sp³-hybridized carbons (Fsp3) is 0.0952. The Labute approximate surface area is 159 Å². The molecule has 0 bridgehead atoms. The van der Waals surface area contributed by atoms with Gasteiger partial charge in [-0.25, -0.2) is 13.8 Å². The van der Waals surface area contributed by atoms with Crippen molar-refractivity contribution in [3.63, 3.8) is 0 Å². The minimum Gasteiger partial charge on any atom is -0.335 e. The van der Waals surface area contributed by atoms with Gasteiger partial charge in [0, 0.05) is 11.6 Å². The second kappa shape index (κ2) is 6.84. The number of anilines is 1. The maximum absolute atomic E-state index is 13.9. The molecule has 1 amide bonds. The molecule has 1 N–H and O–H groups in total. The van der Waals surface area contributed by atoms with Crippen LogP contribution in [0.25, 0.3) is 22.4 Å². The summed E-state index contributed by atoms with van der Waals surface area (Å²) in [5.41, 5.74) is 3.22. The van der Waals surface area contributed by atoms with Crippen LogP contribution in [0.15, 0.2) is 53.1 Å². The summed E-state index contributed by atoms with van der Waals surface area (Å²) in [7, 11) is 0. The molecule has 4 rings (SSSR count). The van der Waals surface area contributed by atoms with Crippen molar-refractivity contribution in [2.45, 2.75) is 13.8 Å². The standard InChI is InChI=1S/C21H15F2N3O2/c1-11-3-5-13(6-4-11)18-10-15(19-12(2)26-28-21(19)25-18)20(27)24-17-8-7-14(22)9-16(17)23/h3-10H,1-2H3,(H,24,27). The molecule has 2 heterocycles. The molecule has 0 saturated carbocycles. The fourth-order valence-electron chi connectivity index (χ4n) is 2.93. The van der Waals surface area contributed by atoms with Gasteiger partial charge < -0.3 is 9.84 Å². The van der Waals surface area contributed by atoms with Gasteiger partial charge in [0.25, 0.3) is 11.6 Å². The second-order valence-electron chi connectivity index (χ2n) is 6.45. The highest BCUT2D eigenvalue weighted by atomic mass is 19.1. The molecule has 0 saturated heterocycles. The molecule has 0 aliphatic rings. The number of hydrogen-bond donors (Lipinski definition) is 1. The summed E-state index contributed by atoms with van der Waals surface area (Å²) in [5.74, 6) is -2.16. The summed E-state index contributed by atoms with van der Waals surface area (Å²) in [6.07, 6.45) is 0. The molecule has 28 heavy (non-hydrogen) atoms. The third-order valence-electron chi connectivity index (χ3n) is 4.39. The number of pyridine rings is 1. The SMILES string of the molecule is Cc1ccc(-c2cc(C(=O)Nc3ccc(F)cc3F)c3c(C)noc3n2)cc1. The molecule has 4 aromatic rings. The van der Waals surface area contributed by atoms with Crippen molar-refractivity contribution >= 4 is 22.7 Å². The number of halogens is 2. The number of carbonyl (C=O) groups excluding carboxylic acids is 1. The molecule has 0 radical (unpaired) electrons. The summed E-state index contributed by atoms with van der Waals surface area (Å²) in [6, 6.07) is 12.2. The van der Waals surface area contributed by atoms with Crippen molar-refractivity contribution in [3.05, 3.63) is 77.0 Å². The lowest BCUT2D eigenvalue weighted by molar-refractivity contribution is 0.102. The number of nitrogens with one attached hydrogen (secondary N) is 1. The monoisotopic (exact) mass is 379 g/mol. The lowest BCUT2D eigenvalue weighted by atomic mass is 10.0. The quantitative estimate of drug-likeness (QED) is 0.542. The van der Waals surface area contributed by atoms with Gasteiger partial charge in [-0.05, 0) is 32.0 Å². The normalized spacial score (nSPS) is 11.0. The van der Waals surface area contributed by atoms with Crippen molar-refractivity contribution in [1.29, 1.82) is 0 Å². The highest BCUT2D eigenvalue weighted by Gasteiger charge is 2.20. The van der Waals surface area contributed by atoms with Crippen molar-refractivity contribution in [1.82, 2.24) is 10.1 Å². The van der Waals surface area contributed by atoms with Gasteiger partial charge in [-0.3, -0.25) is 4.79 Å². The van der Waals surface area contributed by atoms with E-state index < -0.39 is 17.5 Å². The predicted molar refractivity (Wildman–Crippen MR) is 101 cm³/mol. The van der Waals surface area contributed by atoms with Crippen molar-refractivity contribution < 1.29 is 18.1 Å². The van der Waals surface area contributed by atoms with E-state index in [-0.39, 0.29) is 17.0 Å². The summed E-state index contributed by atoms with van der Waals surface area (Å²) in [4.78, 5) is 17.3. The summed E-state index contributed by atoms with van der Waals surface area (Å²) in [6.45, 7) is 3.66. The van der Waals surface area contributed by atoms with Crippen molar-refractivity contribution in [2.75, 3.05) is 5.32 Å². The number of fused-ring (bicyclic) bond motifs is 1. The molecule has 5 nitrogen and oxygen atoms in total. The maximum Gasteiger partial charge on any atom is 0.259 e. The first-order valence-corrected chi connectivity index (χ1v) is 8.53. The Morgan fingerprint density at radius 1 is 1.04 bits per heavy atom. The lowest BCUT2D eigenvalue weighted by Crippen LogP contribution is -2.14. The molecule has 140 valence electrons. The van der Waals surface area contributed by atoms with E-state index in [4.69, 9.17) is 4.52 Å². The molecule has 0 aliphatic carbocycles. The Kier molecular flexibility index (Phi) is 4.35. The first-order valence-electron chi connectivity index (χ1n) is 8.53. The van der Waals surface area contributed by atoms with Gasteiger partial charge in [0.05, 0.1) is 28.0 Å². The molecular weight excluding hydrogens is 364 g/mol. The molecule has 2 aromatic carbocycles. The van der Waals surface area contributed by atoms with Crippen LogP contribution in [0.2, 0.25) is 0 Å². The van der Waals surface area contributed by atoms with Crippen molar-refractivity contribution in [3.8, 4) is 11.3 Å². The first kappa shape index (κ1) is 17.8. The van der Waals surface area contributed by atoms with E-state index in [2.05, 4.69) is 15.5 Å². The fourth-order valence-corrected chi connectivity index (χ4v) is 2.93. The number of aromatic nitrogens is 2. The van der Waals surface area contributed by atoms with Crippen LogP contribution in [0.3, 0.4) is 0 Å². The highest BCUT2D eigenvalue weighted by Crippen LogP contribution is 2.28. The average molecular weight is 379 g/mol. The van der Waals surface area contributed by atoms with Gasteiger partial charge in [0.1, 0.15) is 11.6 Å². The zero-order chi connectivity index (χ0) is 19.8. The van der Waals surface area contributed by atoms with Crippen molar-refractivity contribution in [2.24, 2.45) is 0 Å². The molecular formula is C21H15F2N3O2. The highest BCUT2D eigenvalue weighted by molar-refractivity contribution is 6.13. The summed E-state index contributed by atoms with van der Waals surface area (Å²) >= 11 is 0. The van der Waals surface area contributed by atoms with Gasteiger partial charge in [-0.15, -0.1) is 0 Å². The molecule has 2 aromatic heterocycles. The van der Waals surface area contributed by atoms with E-state index >= 15 is 0 Å². The Bertz CT molecular complexity index is 1200. The van der Waals surface area contributed by atoms with E-state index in [1.165, 1.54) is 6.07 Å². The summed E-state index contributed by atoms with van der Waals surface area (Å²) < 4.78 is 32.3. The first-order chi connectivity index (χ1) is 13.4. The van der Waals surface area contributed by atoms with Crippen LogP contribution in [0.5, 0.6) is 0 Å². The van der Waals surface area contributed by atoms with E-state index in [0.717, 1.165) is 17.2 Å². The van der Waals surface area contributed by atoms with Crippen LogP contribution in [0.4, 0.5) is 14.5 Å². The second-order valence-corrected chi connectivity index (χ2v) is 6.45. The number of amides is 1. The van der Waals surface area contributed by atoms with Gasteiger partial charge in [0.15, 0.2) is 0 Å². The third kappa shape index (κ3) is 3.22. The number of hydrogen-bond acceptors (Lipinski definition) is 4. The maximum atomic E-state index is 13.9. The minimum absolute atomic E-state index is 0.123.